The average molecular weight is 415 g/mol. The van der Waals surface area contributed by atoms with Crippen LogP contribution in [0.1, 0.15) is 29.4 Å². The zero-order valence-corrected chi connectivity index (χ0v) is 17.0. The van der Waals surface area contributed by atoms with Crippen molar-refractivity contribution in [2.45, 2.75) is 28.9 Å². The molecule has 2 heterocycles. The molecule has 142 valence electrons. The number of carbonyl (C=O) groups excluding carboxylic acids is 1. The van der Waals surface area contributed by atoms with Crippen LogP contribution < -0.4 is 10.6 Å². The van der Waals surface area contributed by atoms with Crippen LogP contribution in [0.25, 0.3) is 0 Å². The summed E-state index contributed by atoms with van der Waals surface area (Å²) in [6, 6.07) is 11.4. The van der Waals surface area contributed by atoms with E-state index in [9.17, 15) is 13.2 Å². The molecule has 8 heteroatoms. The molecule has 1 aliphatic rings. The largest absolute Gasteiger partial charge is 0.351 e. The third-order valence-electron chi connectivity index (χ3n) is 4.61. The highest BCUT2D eigenvalue weighted by Gasteiger charge is 2.28. The van der Waals surface area contributed by atoms with Gasteiger partial charge < -0.3 is 10.6 Å². The van der Waals surface area contributed by atoms with E-state index in [4.69, 9.17) is 0 Å². The number of benzene rings is 1. The highest BCUT2D eigenvalue weighted by atomic mass is 35.5. The summed E-state index contributed by atoms with van der Waals surface area (Å²) < 4.78 is 25.4. The van der Waals surface area contributed by atoms with Gasteiger partial charge in [-0.2, -0.15) is 0 Å². The molecule has 26 heavy (non-hydrogen) atoms. The van der Waals surface area contributed by atoms with Crippen LogP contribution in [0.5, 0.6) is 0 Å². The van der Waals surface area contributed by atoms with Crippen LogP contribution in [0, 0.1) is 5.41 Å². The van der Waals surface area contributed by atoms with Crippen LogP contribution >= 0.6 is 23.7 Å². The van der Waals surface area contributed by atoms with Crippen molar-refractivity contribution >= 4 is 39.5 Å². The molecule has 0 saturated carbocycles. The minimum atomic E-state index is -3.57. The smallest absolute Gasteiger partial charge is 0.261 e. The van der Waals surface area contributed by atoms with E-state index in [1.807, 2.05) is 0 Å². The van der Waals surface area contributed by atoms with Gasteiger partial charge in [0.2, 0.25) is 9.84 Å². The molecule has 1 amide bonds. The van der Waals surface area contributed by atoms with Gasteiger partial charge in [0.25, 0.3) is 5.91 Å². The van der Waals surface area contributed by atoms with Gasteiger partial charge in [-0.25, -0.2) is 8.42 Å². The van der Waals surface area contributed by atoms with E-state index in [1.165, 1.54) is 6.07 Å². The summed E-state index contributed by atoms with van der Waals surface area (Å²) in [7, 11) is -3.57. The van der Waals surface area contributed by atoms with Crippen LogP contribution in [0.15, 0.2) is 51.6 Å². The lowest BCUT2D eigenvalue weighted by molar-refractivity contribution is 0.0926. The number of amides is 1. The number of sulfone groups is 1. The van der Waals surface area contributed by atoms with E-state index < -0.39 is 9.84 Å². The Morgan fingerprint density at radius 2 is 1.81 bits per heavy atom. The lowest BCUT2D eigenvalue weighted by Crippen LogP contribution is -2.42. The van der Waals surface area contributed by atoms with Gasteiger partial charge in [0, 0.05) is 6.54 Å². The van der Waals surface area contributed by atoms with Crippen molar-refractivity contribution in [1.82, 2.24) is 10.6 Å². The molecular weight excluding hydrogens is 392 g/mol. The van der Waals surface area contributed by atoms with E-state index in [0.29, 0.717) is 11.4 Å². The number of rotatable bonds is 5. The minimum absolute atomic E-state index is 0. The standard InChI is InChI=1S/C18H22N2O3S2.ClH/c1-18(9-11-19-12-10-18)13-20-17(21)15-7-8-16(24-15)25(22,23)14-5-3-2-4-6-14;/h2-8,19H,9-13H2,1H3,(H,20,21);1H. The molecular formula is C18H23ClN2O3S2. The van der Waals surface area contributed by atoms with Crippen molar-refractivity contribution in [3.8, 4) is 0 Å². The highest BCUT2D eigenvalue weighted by Crippen LogP contribution is 2.29. The van der Waals surface area contributed by atoms with Crippen molar-refractivity contribution in [2.75, 3.05) is 19.6 Å². The summed E-state index contributed by atoms with van der Waals surface area (Å²) in [5.41, 5.74) is 0.0944. The fourth-order valence-corrected chi connectivity index (χ4v) is 5.54. The van der Waals surface area contributed by atoms with Crippen LogP contribution in [0.2, 0.25) is 0 Å². The molecule has 0 unspecified atom stereocenters. The van der Waals surface area contributed by atoms with Crippen LogP contribution in [0.3, 0.4) is 0 Å². The third-order valence-corrected chi connectivity index (χ3v) is 7.96. The summed E-state index contributed by atoms with van der Waals surface area (Å²) in [6.45, 7) is 4.70. The molecule has 0 atom stereocenters. The molecule has 2 aromatic rings. The van der Waals surface area contributed by atoms with Crippen LogP contribution in [0.4, 0.5) is 0 Å². The van der Waals surface area contributed by atoms with Gasteiger partial charge in [-0.1, -0.05) is 25.1 Å². The Morgan fingerprint density at radius 1 is 1.15 bits per heavy atom. The van der Waals surface area contributed by atoms with Crippen molar-refractivity contribution in [1.29, 1.82) is 0 Å². The summed E-state index contributed by atoms with van der Waals surface area (Å²) in [5, 5.41) is 6.28. The lowest BCUT2D eigenvalue weighted by atomic mass is 9.81. The van der Waals surface area contributed by atoms with E-state index in [1.54, 1.807) is 36.4 Å². The molecule has 5 nitrogen and oxygen atoms in total. The second-order valence-electron chi connectivity index (χ2n) is 6.68. The van der Waals surface area contributed by atoms with E-state index in [2.05, 4.69) is 17.6 Å². The zero-order chi connectivity index (χ0) is 17.9. The Bertz CT molecular complexity index is 844. The predicted octanol–water partition coefficient (Wildman–Crippen LogP) is 3.12. The maximum Gasteiger partial charge on any atom is 0.261 e. The molecule has 1 aromatic carbocycles. The Hall–Kier alpha value is -1.41. The van der Waals surface area contributed by atoms with Gasteiger partial charge >= 0.3 is 0 Å². The molecule has 1 aliphatic heterocycles. The Balaban J connectivity index is 0.00000243. The number of hydrogen-bond donors (Lipinski definition) is 2. The highest BCUT2D eigenvalue weighted by molar-refractivity contribution is 7.93. The maximum atomic E-state index is 12.6. The van der Waals surface area contributed by atoms with E-state index >= 15 is 0 Å². The predicted molar refractivity (Wildman–Crippen MR) is 106 cm³/mol. The average Bonchev–Trinajstić information content (AvgIpc) is 3.12. The first-order chi connectivity index (χ1) is 11.9. The Morgan fingerprint density at radius 3 is 2.46 bits per heavy atom. The number of thiophene rings is 1. The van der Waals surface area contributed by atoms with Crippen molar-refractivity contribution < 1.29 is 13.2 Å². The molecule has 0 bridgehead atoms. The Labute approximate surface area is 164 Å². The van der Waals surface area contributed by atoms with Gasteiger partial charge in [-0.3, -0.25) is 4.79 Å². The first-order valence-corrected chi connectivity index (χ1v) is 10.6. The fourth-order valence-electron chi connectivity index (χ4n) is 2.89. The molecule has 3 rings (SSSR count). The summed E-state index contributed by atoms with van der Waals surface area (Å²) in [5.74, 6) is -0.209. The van der Waals surface area contributed by atoms with Crippen molar-refractivity contribution in [3.63, 3.8) is 0 Å². The van der Waals surface area contributed by atoms with E-state index in [0.717, 1.165) is 37.3 Å². The molecule has 1 saturated heterocycles. The molecule has 0 aliphatic carbocycles. The first-order valence-electron chi connectivity index (χ1n) is 8.30. The van der Waals surface area contributed by atoms with Gasteiger partial charge in [-0.15, -0.1) is 23.7 Å². The minimum Gasteiger partial charge on any atom is -0.351 e. The topological polar surface area (TPSA) is 75.3 Å². The second-order valence-corrected chi connectivity index (χ2v) is 9.94. The van der Waals surface area contributed by atoms with Crippen LogP contribution in [-0.2, 0) is 9.84 Å². The number of piperidine rings is 1. The fraction of sp³-hybridized carbons (Fsp3) is 0.389. The third kappa shape index (κ3) is 4.65. The van der Waals surface area contributed by atoms with Gasteiger partial charge in [-0.05, 0) is 55.6 Å². The zero-order valence-electron chi connectivity index (χ0n) is 14.5. The number of halogens is 1. The van der Waals surface area contributed by atoms with Crippen molar-refractivity contribution in [3.05, 3.63) is 47.3 Å². The van der Waals surface area contributed by atoms with Gasteiger partial charge in [0.1, 0.15) is 4.21 Å². The van der Waals surface area contributed by atoms with Crippen molar-refractivity contribution in [2.24, 2.45) is 5.41 Å². The molecule has 1 aromatic heterocycles. The summed E-state index contributed by atoms with van der Waals surface area (Å²) in [4.78, 5) is 13.1. The monoisotopic (exact) mass is 414 g/mol. The summed E-state index contributed by atoms with van der Waals surface area (Å²) in [6.07, 6.45) is 2.04. The number of nitrogens with one attached hydrogen (secondary N) is 2. The first kappa shape index (κ1) is 20.9. The quantitative estimate of drug-likeness (QED) is 0.788. The maximum absolute atomic E-state index is 12.6. The molecule has 0 radical (unpaired) electrons. The Kier molecular flexibility index (Phi) is 6.85. The number of carbonyl (C=O) groups is 1. The van der Waals surface area contributed by atoms with Crippen LogP contribution in [-0.4, -0.2) is 34.0 Å². The van der Waals surface area contributed by atoms with E-state index in [-0.39, 0.29) is 32.8 Å². The normalized spacial score (nSPS) is 16.5. The lowest BCUT2D eigenvalue weighted by Gasteiger charge is -2.34. The molecule has 0 spiro atoms. The molecule has 1 fully saturated rings. The second kappa shape index (κ2) is 8.52. The van der Waals surface area contributed by atoms with Gasteiger partial charge in [0.15, 0.2) is 0 Å². The molecule has 2 N–H and O–H groups in total. The number of hydrogen-bond acceptors (Lipinski definition) is 5. The summed E-state index contributed by atoms with van der Waals surface area (Å²) >= 11 is 1.02. The van der Waals surface area contributed by atoms with Gasteiger partial charge in [0.05, 0.1) is 9.77 Å². The SMILES string of the molecule is CC1(CNC(=O)c2ccc(S(=O)(=O)c3ccccc3)s2)CCNCC1.Cl.